The van der Waals surface area contributed by atoms with Crippen LogP contribution in [-0.4, -0.2) is 50.2 Å². The molecule has 114 valence electrons. The average molecular weight is 273 g/mol. The van der Waals surface area contributed by atoms with Crippen LogP contribution in [0.2, 0.25) is 0 Å². The van der Waals surface area contributed by atoms with Crippen LogP contribution in [0.15, 0.2) is 0 Å². The monoisotopic (exact) mass is 273 g/mol. The summed E-state index contributed by atoms with van der Waals surface area (Å²) in [6, 6.07) is 0. The first kappa shape index (κ1) is 16.9. The molecule has 0 saturated carbocycles. The van der Waals surface area contributed by atoms with Gasteiger partial charge in [-0.25, -0.2) is 0 Å². The molecular weight excluding hydrogens is 242 g/mol. The van der Waals surface area contributed by atoms with Crippen LogP contribution in [-0.2, 0) is 9.47 Å². The lowest BCUT2D eigenvalue weighted by molar-refractivity contribution is -0.0163. The lowest BCUT2D eigenvalue weighted by atomic mass is 10.1. The second-order valence-corrected chi connectivity index (χ2v) is 5.92. The van der Waals surface area contributed by atoms with Gasteiger partial charge in [-0.15, -0.1) is 0 Å². The van der Waals surface area contributed by atoms with Gasteiger partial charge < -0.3 is 19.9 Å². The maximum absolute atomic E-state index is 9.74. The van der Waals surface area contributed by atoms with Crippen molar-refractivity contribution in [2.75, 3.05) is 32.9 Å². The molecule has 0 bridgehead atoms. The van der Waals surface area contributed by atoms with Gasteiger partial charge in [-0.3, -0.25) is 0 Å². The van der Waals surface area contributed by atoms with Gasteiger partial charge in [-0.1, -0.05) is 26.7 Å². The number of aliphatic hydroxyl groups excluding tert-OH is 1. The molecule has 2 atom stereocenters. The summed E-state index contributed by atoms with van der Waals surface area (Å²) in [7, 11) is 0. The van der Waals surface area contributed by atoms with Crippen molar-refractivity contribution < 1.29 is 14.6 Å². The van der Waals surface area contributed by atoms with Gasteiger partial charge in [0.2, 0.25) is 0 Å². The fourth-order valence-corrected chi connectivity index (χ4v) is 2.24. The van der Waals surface area contributed by atoms with Crippen molar-refractivity contribution in [2.24, 2.45) is 5.92 Å². The molecule has 2 N–H and O–H groups in total. The number of nitrogens with one attached hydrogen (secondary N) is 1. The van der Waals surface area contributed by atoms with Gasteiger partial charge in [-0.05, 0) is 31.7 Å². The minimum absolute atomic E-state index is 0.246. The first-order valence-corrected chi connectivity index (χ1v) is 7.76. The molecule has 1 rings (SSSR count). The Labute approximate surface area is 117 Å². The largest absolute Gasteiger partial charge is 0.389 e. The fraction of sp³-hybridized carbons (Fsp3) is 1.00. The smallest absolute Gasteiger partial charge is 0.0897 e. The molecule has 0 aromatic rings. The van der Waals surface area contributed by atoms with E-state index in [1.165, 1.54) is 19.3 Å². The molecule has 2 unspecified atom stereocenters. The quantitative estimate of drug-likeness (QED) is 0.565. The summed E-state index contributed by atoms with van der Waals surface area (Å²) >= 11 is 0. The van der Waals surface area contributed by atoms with E-state index in [0.29, 0.717) is 19.8 Å². The van der Waals surface area contributed by atoms with E-state index in [-0.39, 0.29) is 6.10 Å². The van der Waals surface area contributed by atoms with E-state index in [4.69, 9.17) is 9.47 Å². The molecule has 1 aliphatic heterocycles. The van der Waals surface area contributed by atoms with Crippen molar-refractivity contribution in [3.63, 3.8) is 0 Å². The third-order valence-electron chi connectivity index (χ3n) is 3.40. The van der Waals surface area contributed by atoms with E-state index in [0.717, 1.165) is 31.9 Å². The Hall–Kier alpha value is -0.160. The standard InChI is InChI=1S/C15H31NO3/c1-13(2)6-3-4-8-16-10-14(17)11-18-12-15-7-5-9-19-15/h13-17H,3-12H2,1-2H3. The van der Waals surface area contributed by atoms with Crippen molar-refractivity contribution in [2.45, 2.75) is 58.2 Å². The Morgan fingerprint density at radius 3 is 2.89 bits per heavy atom. The maximum Gasteiger partial charge on any atom is 0.0897 e. The zero-order chi connectivity index (χ0) is 13.9. The number of ether oxygens (including phenoxy) is 2. The molecule has 0 aliphatic carbocycles. The van der Waals surface area contributed by atoms with Crippen LogP contribution < -0.4 is 5.32 Å². The van der Waals surface area contributed by atoms with Gasteiger partial charge in [0.1, 0.15) is 0 Å². The minimum Gasteiger partial charge on any atom is -0.389 e. The normalized spacial score (nSPS) is 21.2. The fourth-order valence-electron chi connectivity index (χ4n) is 2.24. The summed E-state index contributed by atoms with van der Waals surface area (Å²) in [5, 5.41) is 13.0. The Morgan fingerprint density at radius 2 is 2.21 bits per heavy atom. The second-order valence-electron chi connectivity index (χ2n) is 5.92. The molecule has 0 amide bonds. The Bertz CT molecular complexity index is 206. The first-order chi connectivity index (χ1) is 9.18. The maximum atomic E-state index is 9.74. The average Bonchev–Trinajstić information content (AvgIpc) is 2.86. The number of unbranched alkanes of at least 4 members (excludes halogenated alkanes) is 1. The topological polar surface area (TPSA) is 50.7 Å². The SMILES string of the molecule is CC(C)CCCCNCC(O)COCC1CCCO1. The van der Waals surface area contributed by atoms with Crippen molar-refractivity contribution in [3.8, 4) is 0 Å². The van der Waals surface area contributed by atoms with E-state index >= 15 is 0 Å². The van der Waals surface area contributed by atoms with Crippen LogP contribution in [0.4, 0.5) is 0 Å². The van der Waals surface area contributed by atoms with Gasteiger partial charge in [0, 0.05) is 13.2 Å². The molecule has 4 nitrogen and oxygen atoms in total. The molecule has 0 radical (unpaired) electrons. The van der Waals surface area contributed by atoms with Crippen molar-refractivity contribution >= 4 is 0 Å². The highest BCUT2D eigenvalue weighted by molar-refractivity contribution is 4.65. The number of rotatable bonds is 11. The highest BCUT2D eigenvalue weighted by Crippen LogP contribution is 2.11. The van der Waals surface area contributed by atoms with E-state index < -0.39 is 6.10 Å². The lowest BCUT2D eigenvalue weighted by Crippen LogP contribution is -2.32. The second kappa shape index (κ2) is 10.6. The highest BCUT2D eigenvalue weighted by atomic mass is 16.5. The number of aliphatic hydroxyl groups is 1. The van der Waals surface area contributed by atoms with Crippen LogP contribution in [0.3, 0.4) is 0 Å². The summed E-state index contributed by atoms with van der Waals surface area (Å²) in [5.74, 6) is 0.789. The summed E-state index contributed by atoms with van der Waals surface area (Å²) in [6.07, 6.45) is 5.79. The van der Waals surface area contributed by atoms with Crippen LogP contribution in [0, 0.1) is 5.92 Å². The molecule has 4 heteroatoms. The Balaban J connectivity index is 1.83. The summed E-state index contributed by atoms with van der Waals surface area (Å²) in [6.45, 7) is 7.98. The van der Waals surface area contributed by atoms with Gasteiger partial charge in [0.25, 0.3) is 0 Å². The van der Waals surface area contributed by atoms with E-state index in [1.54, 1.807) is 0 Å². The van der Waals surface area contributed by atoms with E-state index in [2.05, 4.69) is 19.2 Å². The molecule has 1 saturated heterocycles. The zero-order valence-corrected chi connectivity index (χ0v) is 12.6. The van der Waals surface area contributed by atoms with Crippen LogP contribution >= 0.6 is 0 Å². The summed E-state index contributed by atoms with van der Waals surface area (Å²) in [5.41, 5.74) is 0. The summed E-state index contributed by atoms with van der Waals surface area (Å²) < 4.78 is 10.9. The van der Waals surface area contributed by atoms with Gasteiger partial charge in [0.15, 0.2) is 0 Å². The predicted molar refractivity (Wildman–Crippen MR) is 77.4 cm³/mol. The molecule has 0 spiro atoms. The number of hydrogen-bond donors (Lipinski definition) is 2. The first-order valence-electron chi connectivity index (χ1n) is 7.76. The molecule has 1 aliphatic rings. The molecule has 19 heavy (non-hydrogen) atoms. The third-order valence-corrected chi connectivity index (χ3v) is 3.40. The van der Waals surface area contributed by atoms with Gasteiger partial charge >= 0.3 is 0 Å². The molecule has 0 aromatic heterocycles. The summed E-state index contributed by atoms with van der Waals surface area (Å²) in [4.78, 5) is 0. The Kier molecular flexibility index (Phi) is 9.43. The number of hydrogen-bond acceptors (Lipinski definition) is 4. The van der Waals surface area contributed by atoms with Crippen molar-refractivity contribution in [1.29, 1.82) is 0 Å². The molecule has 1 fully saturated rings. The minimum atomic E-state index is -0.411. The van der Waals surface area contributed by atoms with Crippen LogP contribution in [0.1, 0.15) is 46.0 Å². The molecule has 0 aromatic carbocycles. The third kappa shape index (κ3) is 9.38. The molecule has 1 heterocycles. The van der Waals surface area contributed by atoms with E-state index in [9.17, 15) is 5.11 Å². The predicted octanol–water partition coefficient (Wildman–Crippen LogP) is 1.96. The highest BCUT2D eigenvalue weighted by Gasteiger charge is 2.15. The van der Waals surface area contributed by atoms with Crippen molar-refractivity contribution in [1.82, 2.24) is 5.32 Å². The molecular formula is C15H31NO3. The lowest BCUT2D eigenvalue weighted by Gasteiger charge is -2.14. The van der Waals surface area contributed by atoms with E-state index in [1.807, 2.05) is 0 Å². The van der Waals surface area contributed by atoms with Gasteiger partial charge in [0.05, 0.1) is 25.4 Å². The zero-order valence-electron chi connectivity index (χ0n) is 12.6. The van der Waals surface area contributed by atoms with Crippen molar-refractivity contribution in [3.05, 3.63) is 0 Å². The van der Waals surface area contributed by atoms with Crippen LogP contribution in [0.25, 0.3) is 0 Å². The van der Waals surface area contributed by atoms with Gasteiger partial charge in [-0.2, -0.15) is 0 Å². The Morgan fingerprint density at radius 1 is 1.37 bits per heavy atom. The van der Waals surface area contributed by atoms with Crippen LogP contribution in [0.5, 0.6) is 0 Å².